The van der Waals surface area contributed by atoms with Gasteiger partial charge in [0.15, 0.2) is 0 Å². The molecule has 0 saturated heterocycles. The van der Waals surface area contributed by atoms with E-state index in [9.17, 15) is 5.11 Å². The summed E-state index contributed by atoms with van der Waals surface area (Å²) >= 11 is 0. The molecule has 0 saturated carbocycles. The Morgan fingerprint density at radius 3 is 2.28 bits per heavy atom. The van der Waals surface area contributed by atoms with Crippen molar-refractivity contribution in [2.45, 2.75) is 40.1 Å². The van der Waals surface area contributed by atoms with Gasteiger partial charge in [-0.3, -0.25) is 0 Å². The summed E-state index contributed by atoms with van der Waals surface area (Å²) in [6, 6.07) is 6.23. The van der Waals surface area contributed by atoms with Crippen LogP contribution in [0.5, 0.6) is 0 Å². The number of anilines is 1. The molecule has 1 aliphatic heterocycles. The minimum Gasteiger partial charge on any atom is -0.385 e. The number of aliphatic hydroxyl groups excluding tert-OH is 1. The molecule has 29 heavy (non-hydrogen) atoms. The molecule has 0 fully saturated rings. The van der Waals surface area contributed by atoms with Gasteiger partial charge in [-0.25, -0.2) is 0 Å². The number of benzene rings is 1. The predicted octanol–water partition coefficient (Wildman–Crippen LogP) is 3.38. The first-order valence-corrected chi connectivity index (χ1v) is 10.6. The van der Waals surface area contributed by atoms with Crippen LogP contribution in [0.3, 0.4) is 0 Å². The second-order valence-electron chi connectivity index (χ2n) is 8.29. The molecule has 1 N–H and O–H groups in total. The van der Waals surface area contributed by atoms with E-state index in [2.05, 4.69) is 62.0 Å². The maximum Gasteiger partial charge on any atom is 0.217 e. The van der Waals surface area contributed by atoms with Gasteiger partial charge in [0.05, 0.1) is 25.8 Å². The van der Waals surface area contributed by atoms with Crippen molar-refractivity contribution >= 4 is 11.4 Å². The molecule has 1 aromatic carbocycles. The second-order valence-corrected chi connectivity index (χ2v) is 8.29. The third-order valence-corrected chi connectivity index (χ3v) is 6.07. The molecule has 1 aliphatic rings. The van der Waals surface area contributed by atoms with Gasteiger partial charge in [-0.05, 0) is 51.5 Å². The number of aryl methyl sites for hydroxylation is 1. The second kappa shape index (κ2) is 10.1. The van der Waals surface area contributed by atoms with Gasteiger partial charge < -0.3 is 24.3 Å². The highest BCUT2D eigenvalue weighted by Crippen LogP contribution is 2.26. The highest BCUT2D eigenvalue weighted by atomic mass is 16.3. The van der Waals surface area contributed by atoms with Crippen molar-refractivity contribution in [3.05, 3.63) is 36.2 Å². The molecular formula is C22H39N6O+. The summed E-state index contributed by atoms with van der Waals surface area (Å²) < 4.78 is 0.885. The van der Waals surface area contributed by atoms with Crippen LogP contribution in [-0.4, -0.2) is 85.6 Å². The lowest BCUT2D eigenvalue weighted by Crippen LogP contribution is -2.51. The molecular weight excluding hydrogens is 364 g/mol. The largest absolute Gasteiger partial charge is 0.385 e. The van der Waals surface area contributed by atoms with Gasteiger partial charge >= 0.3 is 0 Å². The molecule has 7 nitrogen and oxygen atoms in total. The maximum absolute atomic E-state index is 10.7. The van der Waals surface area contributed by atoms with Crippen LogP contribution in [0.1, 0.15) is 26.3 Å². The number of aliphatic hydroxyl groups is 1. The molecule has 7 heteroatoms. The summed E-state index contributed by atoms with van der Waals surface area (Å²) in [7, 11) is 6.19. The Balaban J connectivity index is 2.07. The summed E-state index contributed by atoms with van der Waals surface area (Å²) in [5, 5.41) is 19.6. The van der Waals surface area contributed by atoms with Crippen molar-refractivity contribution in [2.75, 3.05) is 58.8 Å². The Labute approximate surface area is 176 Å². The Morgan fingerprint density at radius 1 is 1.14 bits per heavy atom. The van der Waals surface area contributed by atoms with Crippen molar-refractivity contribution in [3.8, 4) is 0 Å². The fourth-order valence-electron chi connectivity index (χ4n) is 3.60. The molecule has 162 valence electrons. The molecule has 1 atom stereocenters. The number of hydrogen-bond donors (Lipinski definition) is 1. The van der Waals surface area contributed by atoms with E-state index in [1.807, 2.05) is 42.4 Å². The van der Waals surface area contributed by atoms with Crippen LogP contribution in [0.15, 0.2) is 40.8 Å². The smallest absolute Gasteiger partial charge is 0.217 e. The van der Waals surface area contributed by atoms with Crippen LogP contribution < -0.4 is 4.90 Å². The molecule has 0 amide bonds. The summed E-state index contributed by atoms with van der Waals surface area (Å²) in [6.07, 6.45) is 3.52. The monoisotopic (exact) mass is 403 g/mol. The van der Waals surface area contributed by atoms with E-state index in [4.69, 9.17) is 0 Å². The van der Waals surface area contributed by atoms with Gasteiger partial charge in [-0.1, -0.05) is 0 Å². The highest BCUT2D eigenvalue weighted by molar-refractivity contribution is 5.57. The maximum atomic E-state index is 10.7. The SMILES string of the molecule is CCN(CC(O)C[N+](C)(CC)CC)c1ccc(/N=N/C2N(C)C=CN2C)c(C)c1. The van der Waals surface area contributed by atoms with Crippen LogP contribution in [0.25, 0.3) is 0 Å². The van der Waals surface area contributed by atoms with Gasteiger partial charge in [0, 0.05) is 45.3 Å². The third-order valence-electron chi connectivity index (χ3n) is 6.07. The average molecular weight is 404 g/mol. The molecule has 1 aromatic rings. The molecule has 2 rings (SSSR count). The summed E-state index contributed by atoms with van der Waals surface area (Å²) in [6.45, 7) is 12.9. The van der Waals surface area contributed by atoms with E-state index in [-0.39, 0.29) is 12.4 Å². The fraction of sp³-hybridized carbons (Fsp3) is 0.636. The lowest BCUT2D eigenvalue weighted by Gasteiger charge is -2.35. The van der Waals surface area contributed by atoms with Crippen molar-refractivity contribution in [1.82, 2.24) is 9.80 Å². The molecule has 0 aromatic heterocycles. The van der Waals surface area contributed by atoms with E-state index in [1.54, 1.807) is 0 Å². The van der Waals surface area contributed by atoms with Gasteiger partial charge in [0.25, 0.3) is 0 Å². The zero-order valence-corrected chi connectivity index (χ0v) is 19.2. The number of azo groups is 1. The number of rotatable bonds is 10. The van der Waals surface area contributed by atoms with Crippen molar-refractivity contribution < 1.29 is 9.59 Å². The van der Waals surface area contributed by atoms with Gasteiger partial charge in [0.2, 0.25) is 6.29 Å². The van der Waals surface area contributed by atoms with E-state index >= 15 is 0 Å². The first-order valence-electron chi connectivity index (χ1n) is 10.6. The van der Waals surface area contributed by atoms with E-state index < -0.39 is 0 Å². The van der Waals surface area contributed by atoms with Crippen LogP contribution in [0.4, 0.5) is 11.4 Å². The summed E-state index contributed by atoms with van der Waals surface area (Å²) in [5.41, 5.74) is 3.07. The predicted molar refractivity (Wildman–Crippen MR) is 120 cm³/mol. The van der Waals surface area contributed by atoms with Gasteiger partial charge in [0.1, 0.15) is 12.6 Å². The number of hydrogen-bond acceptors (Lipinski definition) is 6. The van der Waals surface area contributed by atoms with E-state index in [0.717, 1.165) is 47.6 Å². The molecule has 0 aliphatic carbocycles. The van der Waals surface area contributed by atoms with Crippen LogP contribution in [-0.2, 0) is 0 Å². The Kier molecular flexibility index (Phi) is 8.05. The highest BCUT2D eigenvalue weighted by Gasteiger charge is 2.23. The zero-order valence-electron chi connectivity index (χ0n) is 19.2. The number of quaternary nitrogens is 1. The molecule has 1 heterocycles. The fourth-order valence-corrected chi connectivity index (χ4v) is 3.60. The summed E-state index contributed by atoms with van der Waals surface area (Å²) in [4.78, 5) is 6.27. The van der Waals surface area contributed by atoms with Gasteiger partial charge in [-0.15, -0.1) is 5.11 Å². The van der Waals surface area contributed by atoms with Crippen molar-refractivity contribution in [2.24, 2.45) is 10.2 Å². The normalized spacial score (nSPS) is 16.3. The first-order chi connectivity index (χ1) is 13.7. The Morgan fingerprint density at radius 2 is 1.76 bits per heavy atom. The van der Waals surface area contributed by atoms with Crippen LogP contribution in [0.2, 0.25) is 0 Å². The molecule has 0 radical (unpaired) electrons. The van der Waals surface area contributed by atoms with Crippen LogP contribution >= 0.6 is 0 Å². The molecule has 0 spiro atoms. The lowest BCUT2D eigenvalue weighted by atomic mass is 10.1. The topological polar surface area (TPSA) is 54.7 Å². The van der Waals surface area contributed by atoms with E-state index in [1.165, 1.54) is 0 Å². The van der Waals surface area contributed by atoms with Crippen molar-refractivity contribution in [3.63, 3.8) is 0 Å². The lowest BCUT2D eigenvalue weighted by molar-refractivity contribution is -0.908. The Bertz CT molecular complexity index is 703. The average Bonchev–Trinajstić information content (AvgIpc) is 3.02. The number of likely N-dealkylation sites (N-methyl/N-ethyl adjacent to an activating group) is 2. The zero-order chi connectivity index (χ0) is 21.6. The molecule has 0 bridgehead atoms. The summed E-state index contributed by atoms with van der Waals surface area (Å²) in [5.74, 6) is 0. The quantitative estimate of drug-likeness (QED) is 0.481. The van der Waals surface area contributed by atoms with Crippen LogP contribution in [0, 0.1) is 6.92 Å². The third kappa shape index (κ3) is 5.93. The van der Waals surface area contributed by atoms with Crippen molar-refractivity contribution in [1.29, 1.82) is 0 Å². The Hall–Kier alpha value is -2.12. The minimum absolute atomic E-state index is 0.0964. The minimum atomic E-state index is -0.361. The standard InChI is InChI=1S/C22H39N6O/c1-8-27(16-20(29)17-28(7,9-2)10-3)19-11-12-21(18(4)15-19)23-24-22-25(5)13-14-26(22)6/h11-15,20,22,29H,8-10,16-17H2,1-7H3/q+1/b24-23+. The van der Waals surface area contributed by atoms with Gasteiger partial charge in [-0.2, -0.15) is 5.11 Å². The first kappa shape index (κ1) is 23.2. The number of nitrogens with zero attached hydrogens (tertiary/aromatic N) is 6. The van der Waals surface area contributed by atoms with E-state index in [0.29, 0.717) is 6.54 Å². The molecule has 1 unspecified atom stereocenters.